The molecule has 2 aromatic heterocycles. The fraction of sp³-hybridized carbons (Fsp3) is 0.562. The van der Waals surface area contributed by atoms with Gasteiger partial charge in [-0.1, -0.05) is 5.16 Å². The number of nitrogens with zero attached hydrogens (tertiary/aromatic N) is 7. The number of likely N-dealkylation sites (N-methyl/N-ethyl adjacent to an activating group) is 1. The summed E-state index contributed by atoms with van der Waals surface area (Å²) < 4.78 is 31.2. The first kappa shape index (κ1) is 18.1. The van der Waals surface area contributed by atoms with Gasteiger partial charge in [0.15, 0.2) is 0 Å². The Labute approximate surface area is 158 Å². The lowest BCUT2D eigenvalue weighted by atomic mass is 10.3. The minimum Gasteiger partial charge on any atom is -0.363 e. The number of rotatable bonds is 4. The highest BCUT2D eigenvalue weighted by molar-refractivity contribution is 7.89. The highest BCUT2D eigenvalue weighted by Crippen LogP contribution is 2.22. The molecular weight excluding hydrogens is 370 g/mol. The predicted octanol–water partition coefficient (Wildman–Crippen LogP) is -0.273. The van der Waals surface area contributed by atoms with Crippen molar-refractivity contribution in [3.05, 3.63) is 24.9 Å². The Morgan fingerprint density at radius 2 is 1.52 bits per heavy atom. The summed E-state index contributed by atoms with van der Waals surface area (Å²) in [5.74, 6) is 1.76. The summed E-state index contributed by atoms with van der Waals surface area (Å²) in [6, 6.07) is 2.00. The molecule has 0 saturated carbocycles. The van der Waals surface area contributed by atoms with E-state index in [2.05, 4.69) is 41.4 Å². The zero-order chi connectivity index (χ0) is 18.9. The van der Waals surface area contributed by atoms with E-state index in [-0.39, 0.29) is 4.90 Å². The van der Waals surface area contributed by atoms with E-state index in [1.165, 1.54) is 10.5 Å². The van der Waals surface area contributed by atoms with E-state index >= 15 is 0 Å². The highest BCUT2D eigenvalue weighted by Gasteiger charge is 2.30. The van der Waals surface area contributed by atoms with Crippen molar-refractivity contribution < 1.29 is 12.9 Å². The number of hydrogen-bond acceptors (Lipinski definition) is 9. The Morgan fingerprint density at radius 1 is 0.926 bits per heavy atom. The van der Waals surface area contributed by atoms with Gasteiger partial charge in [-0.05, 0) is 7.05 Å². The predicted molar refractivity (Wildman–Crippen MR) is 99.2 cm³/mol. The van der Waals surface area contributed by atoms with Crippen LogP contribution in [0.5, 0.6) is 0 Å². The second-order valence-corrected chi connectivity index (χ2v) is 8.71. The van der Waals surface area contributed by atoms with E-state index in [1.54, 1.807) is 6.33 Å². The van der Waals surface area contributed by atoms with Crippen molar-refractivity contribution in [2.75, 3.05) is 69.2 Å². The minimum absolute atomic E-state index is 0.0929. The Hall–Kier alpha value is -2.24. The maximum Gasteiger partial charge on any atom is 0.248 e. The normalized spacial score (nSPS) is 20.2. The summed E-state index contributed by atoms with van der Waals surface area (Å²) in [5, 5.41) is 3.49. The molecule has 2 fully saturated rings. The number of hydrogen-bond donors (Lipinski definition) is 0. The van der Waals surface area contributed by atoms with Crippen molar-refractivity contribution in [2.45, 2.75) is 4.90 Å². The molecular formula is C16H23N7O3S. The topological polar surface area (TPSA) is 98.9 Å². The van der Waals surface area contributed by atoms with E-state index in [9.17, 15) is 8.42 Å². The second kappa shape index (κ2) is 7.41. The molecule has 146 valence electrons. The lowest BCUT2D eigenvalue weighted by Gasteiger charge is -2.35. The number of aromatic nitrogens is 3. The van der Waals surface area contributed by atoms with Gasteiger partial charge in [0.2, 0.25) is 10.0 Å². The Morgan fingerprint density at radius 3 is 2.07 bits per heavy atom. The molecule has 0 amide bonds. The third-order valence-corrected chi connectivity index (χ3v) is 6.92. The van der Waals surface area contributed by atoms with Gasteiger partial charge in [-0.15, -0.1) is 0 Å². The summed E-state index contributed by atoms with van der Waals surface area (Å²) in [6.07, 6.45) is 3.98. The molecule has 27 heavy (non-hydrogen) atoms. The van der Waals surface area contributed by atoms with Gasteiger partial charge in [-0.2, -0.15) is 4.31 Å². The van der Waals surface area contributed by atoms with Gasteiger partial charge in [0.05, 0.1) is 6.20 Å². The summed E-state index contributed by atoms with van der Waals surface area (Å²) in [4.78, 5) is 15.6. The minimum atomic E-state index is -3.55. The van der Waals surface area contributed by atoms with Crippen molar-refractivity contribution in [3.63, 3.8) is 0 Å². The van der Waals surface area contributed by atoms with Crippen LogP contribution in [0.3, 0.4) is 0 Å². The van der Waals surface area contributed by atoms with Gasteiger partial charge in [0.25, 0.3) is 0 Å². The van der Waals surface area contributed by atoms with Gasteiger partial charge in [-0.25, -0.2) is 18.4 Å². The molecule has 0 spiro atoms. The summed E-state index contributed by atoms with van der Waals surface area (Å²) in [5.41, 5.74) is 0. The average molecular weight is 393 g/mol. The molecule has 0 aliphatic carbocycles. The van der Waals surface area contributed by atoms with Crippen LogP contribution >= 0.6 is 0 Å². The van der Waals surface area contributed by atoms with Crippen LogP contribution in [0.4, 0.5) is 11.6 Å². The second-order valence-electron chi connectivity index (χ2n) is 6.78. The van der Waals surface area contributed by atoms with Gasteiger partial charge in [0, 0.05) is 58.4 Å². The molecule has 2 saturated heterocycles. The Balaban J connectivity index is 1.42. The molecule has 0 N–H and O–H groups in total. The van der Waals surface area contributed by atoms with Crippen molar-refractivity contribution in [1.29, 1.82) is 0 Å². The van der Waals surface area contributed by atoms with Gasteiger partial charge < -0.3 is 19.2 Å². The van der Waals surface area contributed by atoms with E-state index in [0.717, 1.165) is 44.1 Å². The smallest absolute Gasteiger partial charge is 0.248 e. The van der Waals surface area contributed by atoms with E-state index in [4.69, 9.17) is 0 Å². The fourth-order valence-corrected chi connectivity index (χ4v) is 4.63. The van der Waals surface area contributed by atoms with Crippen LogP contribution in [0.15, 0.2) is 34.3 Å². The highest BCUT2D eigenvalue weighted by atomic mass is 32.2. The first-order chi connectivity index (χ1) is 13.0. The van der Waals surface area contributed by atoms with Crippen LogP contribution < -0.4 is 9.80 Å². The van der Waals surface area contributed by atoms with Gasteiger partial charge in [0.1, 0.15) is 29.1 Å². The largest absolute Gasteiger partial charge is 0.363 e. The van der Waals surface area contributed by atoms with E-state index < -0.39 is 10.0 Å². The molecule has 0 bridgehead atoms. The van der Waals surface area contributed by atoms with Crippen LogP contribution in [0.2, 0.25) is 0 Å². The molecule has 0 radical (unpaired) electrons. The van der Waals surface area contributed by atoms with Crippen LogP contribution in [0, 0.1) is 0 Å². The van der Waals surface area contributed by atoms with E-state index in [1.807, 2.05) is 6.07 Å². The first-order valence-electron chi connectivity index (χ1n) is 8.94. The van der Waals surface area contributed by atoms with Crippen molar-refractivity contribution in [1.82, 2.24) is 24.3 Å². The molecule has 10 nitrogen and oxygen atoms in total. The average Bonchev–Trinajstić information content (AvgIpc) is 3.25. The molecule has 2 aliphatic heterocycles. The molecule has 4 heterocycles. The molecule has 11 heteroatoms. The standard InChI is InChI=1S/C16H23N7O3S/c1-20-2-4-21(5-3-20)15-10-16(18-13-17-15)22-6-8-23(9-7-22)27(24,25)14-11-19-26-12-14/h10-13H,2-9H2,1H3. The number of sulfonamides is 1. The van der Waals surface area contributed by atoms with Crippen molar-refractivity contribution >= 4 is 21.7 Å². The maximum atomic E-state index is 12.5. The third kappa shape index (κ3) is 3.75. The summed E-state index contributed by atoms with van der Waals surface area (Å²) >= 11 is 0. The maximum absolute atomic E-state index is 12.5. The SMILES string of the molecule is CN1CCN(c2cc(N3CCN(S(=O)(=O)c4cnoc4)CC3)ncn2)CC1. The molecule has 4 rings (SSSR count). The fourth-order valence-electron chi connectivity index (χ4n) is 3.35. The van der Waals surface area contributed by atoms with Crippen molar-refractivity contribution in [2.24, 2.45) is 0 Å². The number of piperazine rings is 2. The van der Waals surface area contributed by atoms with Crippen LogP contribution in [0.25, 0.3) is 0 Å². The van der Waals surface area contributed by atoms with Gasteiger partial charge >= 0.3 is 0 Å². The summed E-state index contributed by atoms with van der Waals surface area (Å²) in [7, 11) is -1.43. The molecule has 0 atom stereocenters. The number of anilines is 2. The van der Waals surface area contributed by atoms with Crippen molar-refractivity contribution in [3.8, 4) is 0 Å². The van der Waals surface area contributed by atoms with Crippen LogP contribution in [0.1, 0.15) is 0 Å². The quantitative estimate of drug-likeness (QED) is 0.695. The third-order valence-electron chi connectivity index (χ3n) is 5.08. The molecule has 0 aromatic carbocycles. The molecule has 0 unspecified atom stereocenters. The molecule has 2 aliphatic rings. The Kier molecular flexibility index (Phi) is 4.98. The van der Waals surface area contributed by atoms with Crippen LogP contribution in [-0.2, 0) is 10.0 Å². The Bertz CT molecular complexity index is 858. The lowest BCUT2D eigenvalue weighted by molar-refractivity contribution is 0.312. The van der Waals surface area contributed by atoms with Crippen LogP contribution in [-0.4, -0.2) is 92.2 Å². The molecule has 2 aromatic rings. The summed E-state index contributed by atoms with van der Waals surface area (Å²) in [6.45, 7) is 5.84. The monoisotopic (exact) mass is 393 g/mol. The van der Waals surface area contributed by atoms with E-state index in [0.29, 0.717) is 26.2 Å². The zero-order valence-corrected chi connectivity index (χ0v) is 16.0. The van der Waals surface area contributed by atoms with Gasteiger partial charge in [-0.3, -0.25) is 0 Å². The zero-order valence-electron chi connectivity index (χ0n) is 15.2. The lowest BCUT2D eigenvalue weighted by Crippen LogP contribution is -2.49. The first-order valence-corrected chi connectivity index (χ1v) is 10.4.